The van der Waals surface area contributed by atoms with E-state index >= 15 is 0 Å². The molecule has 0 fully saturated rings. The molecule has 42 valence electrons. The summed E-state index contributed by atoms with van der Waals surface area (Å²) in [6.45, 7) is 2.48. The Morgan fingerprint density at radius 3 is 2.57 bits per heavy atom. The third kappa shape index (κ3) is 5.56. The van der Waals surface area contributed by atoms with E-state index in [-0.39, 0.29) is 6.04 Å². The van der Waals surface area contributed by atoms with Gasteiger partial charge in [-0.1, -0.05) is 0 Å². The standard InChI is InChI=1S/C4H11N3/c1-4(5)2-3-7-6/h4,6H,2-3,5H2,1H3. The Bertz CT molecular complexity index is 50.9. The number of nitrogens with one attached hydrogen (secondary N) is 1. The number of hydrogen-bond donors (Lipinski definition) is 2. The van der Waals surface area contributed by atoms with Gasteiger partial charge in [-0.2, -0.15) is 5.11 Å². The monoisotopic (exact) mass is 101 g/mol. The maximum atomic E-state index is 6.37. The average molecular weight is 101 g/mol. The molecule has 0 saturated heterocycles. The van der Waals surface area contributed by atoms with E-state index in [1.54, 1.807) is 0 Å². The number of nitrogens with zero attached hydrogens (tertiary/aromatic N) is 1. The highest BCUT2D eigenvalue weighted by Gasteiger charge is 1.88. The molecule has 0 bridgehead atoms. The van der Waals surface area contributed by atoms with Crippen LogP contribution in [0.2, 0.25) is 0 Å². The van der Waals surface area contributed by atoms with Crippen LogP contribution in [0.15, 0.2) is 5.11 Å². The molecule has 0 saturated carbocycles. The maximum Gasteiger partial charge on any atom is 0.0611 e. The van der Waals surface area contributed by atoms with Crippen molar-refractivity contribution in [3.05, 3.63) is 0 Å². The predicted molar refractivity (Wildman–Crippen MR) is 28.3 cm³/mol. The van der Waals surface area contributed by atoms with E-state index in [2.05, 4.69) is 5.11 Å². The summed E-state index contributed by atoms with van der Waals surface area (Å²) in [4.78, 5) is 0. The van der Waals surface area contributed by atoms with Crippen molar-refractivity contribution in [2.75, 3.05) is 6.54 Å². The third-order valence-corrected chi connectivity index (χ3v) is 0.696. The lowest BCUT2D eigenvalue weighted by Crippen LogP contribution is -2.15. The summed E-state index contributed by atoms with van der Waals surface area (Å²) in [5, 5.41) is 3.15. The highest BCUT2D eigenvalue weighted by molar-refractivity contribution is 4.51. The minimum atomic E-state index is 0.189. The molecule has 0 aromatic rings. The first-order valence-electron chi connectivity index (χ1n) is 2.36. The summed E-state index contributed by atoms with van der Waals surface area (Å²) in [5.74, 6) is 0. The quantitative estimate of drug-likeness (QED) is 0.506. The highest BCUT2D eigenvalue weighted by atomic mass is 14.9. The second-order valence-electron chi connectivity index (χ2n) is 1.65. The van der Waals surface area contributed by atoms with Crippen molar-refractivity contribution in [1.82, 2.24) is 0 Å². The van der Waals surface area contributed by atoms with E-state index in [0.29, 0.717) is 6.54 Å². The third-order valence-electron chi connectivity index (χ3n) is 0.696. The molecule has 0 spiro atoms. The van der Waals surface area contributed by atoms with E-state index in [1.165, 1.54) is 0 Å². The van der Waals surface area contributed by atoms with Crippen LogP contribution < -0.4 is 5.73 Å². The summed E-state index contributed by atoms with van der Waals surface area (Å²) in [6.07, 6.45) is 0.823. The fourth-order valence-corrected chi connectivity index (χ4v) is 0.268. The van der Waals surface area contributed by atoms with Gasteiger partial charge in [0.1, 0.15) is 0 Å². The van der Waals surface area contributed by atoms with Crippen molar-refractivity contribution < 1.29 is 0 Å². The van der Waals surface area contributed by atoms with Crippen LogP contribution in [0, 0.1) is 5.53 Å². The molecule has 0 radical (unpaired) electrons. The van der Waals surface area contributed by atoms with Gasteiger partial charge in [0, 0.05) is 6.04 Å². The second-order valence-corrected chi connectivity index (χ2v) is 1.65. The zero-order valence-corrected chi connectivity index (χ0v) is 4.52. The van der Waals surface area contributed by atoms with E-state index in [1.807, 2.05) is 6.92 Å². The van der Waals surface area contributed by atoms with Crippen LogP contribution in [-0.4, -0.2) is 12.6 Å². The van der Waals surface area contributed by atoms with Gasteiger partial charge in [0.05, 0.1) is 6.54 Å². The zero-order valence-electron chi connectivity index (χ0n) is 4.52. The average Bonchev–Trinajstić information content (AvgIpc) is 1.61. The Hall–Kier alpha value is -0.440. The van der Waals surface area contributed by atoms with E-state index < -0.39 is 0 Å². The van der Waals surface area contributed by atoms with Gasteiger partial charge in [-0.05, 0) is 13.3 Å². The minimum absolute atomic E-state index is 0.189. The first kappa shape index (κ1) is 6.56. The van der Waals surface area contributed by atoms with Crippen molar-refractivity contribution in [2.24, 2.45) is 10.8 Å². The van der Waals surface area contributed by atoms with Gasteiger partial charge in [-0.15, -0.1) is 0 Å². The van der Waals surface area contributed by atoms with Crippen LogP contribution in [0.3, 0.4) is 0 Å². The zero-order chi connectivity index (χ0) is 5.70. The molecule has 3 heteroatoms. The van der Waals surface area contributed by atoms with Crippen LogP contribution in [0.4, 0.5) is 0 Å². The Kier molecular flexibility index (Phi) is 3.50. The fourth-order valence-electron chi connectivity index (χ4n) is 0.268. The largest absolute Gasteiger partial charge is 0.328 e. The molecular weight excluding hydrogens is 90.1 g/mol. The topological polar surface area (TPSA) is 62.2 Å². The molecule has 1 unspecified atom stereocenters. The van der Waals surface area contributed by atoms with Gasteiger partial charge in [-0.3, -0.25) is 0 Å². The summed E-state index contributed by atoms with van der Waals surface area (Å²) in [6, 6.07) is 0.189. The van der Waals surface area contributed by atoms with Gasteiger partial charge in [0.2, 0.25) is 0 Å². The minimum Gasteiger partial charge on any atom is -0.328 e. The van der Waals surface area contributed by atoms with E-state index in [0.717, 1.165) is 6.42 Å². The summed E-state index contributed by atoms with van der Waals surface area (Å²) < 4.78 is 0. The van der Waals surface area contributed by atoms with Gasteiger partial charge in [0.25, 0.3) is 0 Å². The molecular formula is C4H11N3. The molecule has 0 amide bonds. The van der Waals surface area contributed by atoms with Crippen molar-refractivity contribution in [3.8, 4) is 0 Å². The van der Waals surface area contributed by atoms with Crippen molar-refractivity contribution in [1.29, 1.82) is 5.53 Å². The molecule has 0 heterocycles. The molecule has 0 rings (SSSR count). The van der Waals surface area contributed by atoms with Gasteiger partial charge in [0.15, 0.2) is 0 Å². The Balaban J connectivity index is 2.81. The Morgan fingerprint density at radius 2 is 2.43 bits per heavy atom. The Morgan fingerprint density at radius 1 is 1.86 bits per heavy atom. The molecule has 0 aromatic carbocycles. The van der Waals surface area contributed by atoms with Crippen LogP contribution >= 0.6 is 0 Å². The molecule has 3 nitrogen and oxygen atoms in total. The van der Waals surface area contributed by atoms with Crippen LogP contribution in [-0.2, 0) is 0 Å². The first-order chi connectivity index (χ1) is 3.27. The first-order valence-corrected chi connectivity index (χ1v) is 2.36. The second kappa shape index (κ2) is 3.74. The highest BCUT2D eigenvalue weighted by Crippen LogP contribution is 1.83. The maximum absolute atomic E-state index is 6.37. The molecule has 3 N–H and O–H groups in total. The lowest BCUT2D eigenvalue weighted by molar-refractivity contribution is 0.657. The number of hydrogen-bond acceptors (Lipinski definition) is 3. The van der Waals surface area contributed by atoms with Gasteiger partial charge < -0.3 is 5.73 Å². The predicted octanol–water partition coefficient (Wildman–Crippen LogP) is 0.755. The van der Waals surface area contributed by atoms with E-state index in [4.69, 9.17) is 11.3 Å². The molecule has 7 heavy (non-hydrogen) atoms. The summed E-state index contributed by atoms with van der Waals surface area (Å²) in [7, 11) is 0. The molecule has 0 aliphatic heterocycles. The summed E-state index contributed by atoms with van der Waals surface area (Å²) in [5.41, 5.74) is 11.7. The van der Waals surface area contributed by atoms with Crippen LogP contribution in [0.25, 0.3) is 0 Å². The fraction of sp³-hybridized carbons (Fsp3) is 1.00. The Labute approximate surface area is 43.4 Å². The van der Waals surface area contributed by atoms with E-state index in [9.17, 15) is 0 Å². The SMILES string of the molecule is CC(N)CCN=N. The lowest BCUT2D eigenvalue weighted by Gasteiger charge is -1.96. The van der Waals surface area contributed by atoms with Gasteiger partial charge >= 0.3 is 0 Å². The summed E-state index contributed by atoms with van der Waals surface area (Å²) >= 11 is 0. The smallest absolute Gasteiger partial charge is 0.0611 e. The van der Waals surface area contributed by atoms with Crippen LogP contribution in [0.1, 0.15) is 13.3 Å². The van der Waals surface area contributed by atoms with Crippen molar-refractivity contribution in [3.63, 3.8) is 0 Å². The van der Waals surface area contributed by atoms with Crippen molar-refractivity contribution >= 4 is 0 Å². The molecule has 1 atom stereocenters. The number of nitrogens with two attached hydrogens (primary N) is 1. The molecule has 0 aliphatic rings. The lowest BCUT2D eigenvalue weighted by atomic mass is 10.3. The number of rotatable bonds is 3. The molecule has 0 aromatic heterocycles. The molecule has 0 aliphatic carbocycles. The van der Waals surface area contributed by atoms with Crippen molar-refractivity contribution in [2.45, 2.75) is 19.4 Å². The normalized spacial score (nSPS) is 13.4. The van der Waals surface area contributed by atoms with Crippen LogP contribution in [0.5, 0.6) is 0 Å². The van der Waals surface area contributed by atoms with Gasteiger partial charge in [-0.25, -0.2) is 5.53 Å².